The van der Waals surface area contributed by atoms with Crippen LogP contribution in [0.3, 0.4) is 0 Å². The van der Waals surface area contributed by atoms with E-state index in [1.807, 2.05) is 6.26 Å². The van der Waals surface area contributed by atoms with Gasteiger partial charge in [-0.1, -0.05) is 23.7 Å². The second-order valence-corrected chi connectivity index (χ2v) is 5.87. The highest BCUT2D eigenvalue weighted by molar-refractivity contribution is 7.98. The number of hydrogen-bond donors (Lipinski definition) is 3. The third-order valence-electron chi connectivity index (χ3n) is 2.71. The Bertz CT molecular complexity index is 571. The number of urea groups is 1. The van der Waals surface area contributed by atoms with Gasteiger partial charge in [0.1, 0.15) is 6.04 Å². The number of thioether (sulfide) groups is 1. The minimum Gasteiger partial charge on any atom is -0.454 e. The molecule has 1 rings (SSSR count). The van der Waals surface area contributed by atoms with E-state index in [1.54, 1.807) is 24.3 Å². The molecule has 1 atom stereocenters. The van der Waals surface area contributed by atoms with E-state index >= 15 is 0 Å². The molecule has 0 saturated carbocycles. The zero-order chi connectivity index (χ0) is 17.2. The lowest BCUT2D eigenvalue weighted by molar-refractivity contribution is -0.149. The van der Waals surface area contributed by atoms with Gasteiger partial charge in [0, 0.05) is 0 Å². The van der Waals surface area contributed by atoms with Crippen molar-refractivity contribution in [2.45, 2.75) is 12.5 Å². The minimum atomic E-state index is -0.881. The van der Waals surface area contributed by atoms with Crippen LogP contribution in [0, 0.1) is 0 Å². The predicted molar refractivity (Wildman–Crippen MR) is 90.5 cm³/mol. The first-order valence-corrected chi connectivity index (χ1v) is 8.47. The molecule has 4 N–H and O–H groups in total. The molecule has 1 aromatic rings. The molecule has 0 radical (unpaired) electrons. The molecule has 0 bridgehead atoms. The van der Waals surface area contributed by atoms with Crippen molar-refractivity contribution in [1.82, 2.24) is 5.32 Å². The van der Waals surface area contributed by atoms with E-state index < -0.39 is 30.6 Å². The molecule has 0 aliphatic heterocycles. The van der Waals surface area contributed by atoms with Crippen LogP contribution in [-0.4, -0.2) is 42.6 Å². The molecule has 0 spiro atoms. The van der Waals surface area contributed by atoms with E-state index in [0.29, 0.717) is 22.9 Å². The zero-order valence-corrected chi connectivity index (χ0v) is 14.1. The molecule has 0 heterocycles. The molecule has 0 aliphatic rings. The van der Waals surface area contributed by atoms with Gasteiger partial charge in [0.05, 0.1) is 10.7 Å². The summed E-state index contributed by atoms with van der Waals surface area (Å²) < 4.78 is 4.90. The number of benzene rings is 1. The zero-order valence-electron chi connectivity index (χ0n) is 12.5. The van der Waals surface area contributed by atoms with Crippen LogP contribution in [0.15, 0.2) is 24.3 Å². The Morgan fingerprint density at radius 2 is 2.04 bits per heavy atom. The Morgan fingerprint density at radius 3 is 2.65 bits per heavy atom. The Morgan fingerprint density at radius 1 is 1.35 bits per heavy atom. The number of halogens is 1. The summed E-state index contributed by atoms with van der Waals surface area (Å²) in [5.74, 6) is -0.618. The predicted octanol–water partition coefficient (Wildman–Crippen LogP) is 1.61. The molecule has 0 aliphatic carbocycles. The largest absolute Gasteiger partial charge is 0.454 e. The summed E-state index contributed by atoms with van der Waals surface area (Å²) in [7, 11) is 0. The fourth-order valence-electron chi connectivity index (χ4n) is 1.64. The third kappa shape index (κ3) is 7.25. The average molecular weight is 360 g/mol. The van der Waals surface area contributed by atoms with Crippen molar-refractivity contribution in [3.8, 4) is 0 Å². The lowest BCUT2D eigenvalue weighted by atomic mass is 10.2. The number of nitrogens with two attached hydrogens (primary N) is 1. The number of anilines is 1. The van der Waals surface area contributed by atoms with E-state index in [1.165, 1.54) is 11.8 Å². The molecule has 23 heavy (non-hydrogen) atoms. The Hall–Kier alpha value is -1.93. The van der Waals surface area contributed by atoms with Crippen LogP contribution in [0.2, 0.25) is 5.02 Å². The van der Waals surface area contributed by atoms with Crippen LogP contribution in [0.5, 0.6) is 0 Å². The highest BCUT2D eigenvalue weighted by atomic mass is 35.5. The summed E-state index contributed by atoms with van der Waals surface area (Å²) in [6, 6.07) is 4.98. The fraction of sp³-hybridized carbons (Fsp3) is 0.357. The van der Waals surface area contributed by atoms with E-state index in [4.69, 9.17) is 22.1 Å². The SMILES string of the molecule is CSCC[C@@H](NC(N)=O)C(=O)OCC(=O)Nc1ccccc1Cl. The van der Waals surface area contributed by atoms with Crippen molar-refractivity contribution >= 4 is 47.0 Å². The number of esters is 1. The Balaban J connectivity index is 2.50. The molecule has 0 saturated heterocycles. The topological polar surface area (TPSA) is 111 Å². The molecule has 0 aromatic heterocycles. The normalized spacial score (nSPS) is 11.4. The van der Waals surface area contributed by atoms with Crippen molar-refractivity contribution in [3.05, 3.63) is 29.3 Å². The molecule has 126 valence electrons. The first kappa shape index (κ1) is 19.1. The van der Waals surface area contributed by atoms with Gasteiger partial charge in [-0.3, -0.25) is 4.79 Å². The molecule has 0 unspecified atom stereocenters. The van der Waals surface area contributed by atoms with Crippen LogP contribution >= 0.6 is 23.4 Å². The van der Waals surface area contributed by atoms with Gasteiger partial charge in [-0.15, -0.1) is 0 Å². The number of para-hydroxylation sites is 1. The van der Waals surface area contributed by atoms with Crippen LogP contribution in [-0.2, 0) is 14.3 Å². The molecule has 3 amide bonds. The van der Waals surface area contributed by atoms with Crippen LogP contribution < -0.4 is 16.4 Å². The van der Waals surface area contributed by atoms with Gasteiger partial charge in [-0.25, -0.2) is 9.59 Å². The Labute approximate surface area is 143 Å². The van der Waals surface area contributed by atoms with Gasteiger partial charge < -0.3 is 21.1 Å². The van der Waals surface area contributed by atoms with Crippen molar-refractivity contribution < 1.29 is 19.1 Å². The number of nitrogens with one attached hydrogen (secondary N) is 2. The first-order valence-electron chi connectivity index (χ1n) is 6.70. The highest BCUT2D eigenvalue weighted by Gasteiger charge is 2.21. The quantitative estimate of drug-likeness (QED) is 0.611. The van der Waals surface area contributed by atoms with E-state index in [9.17, 15) is 14.4 Å². The number of hydrogen-bond acceptors (Lipinski definition) is 5. The lowest BCUT2D eigenvalue weighted by Gasteiger charge is -2.16. The maximum Gasteiger partial charge on any atom is 0.329 e. The second-order valence-electron chi connectivity index (χ2n) is 4.48. The molecule has 0 fully saturated rings. The van der Waals surface area contributed by atoms with Crippen LogP contribution in [0.25, 0.3) is 0 Å². The van der Waals surface area contributed by atoms with Gasteiger partial charge in [-0.2, -0.15) is 11.8 Å². The molecule has 1 aromatic carbocycles. The lowest BCUT2D eigenvalue weighted by Crippen LogP contribution is -2.45. The summed E-state index contributed by atoms with van der Waals surface area (Å²) in [5.41, 5.74) is 5.44. The number of carbonyl (C=O) groups is 3. The van der Waals surface area contributed by atoms with E-state index in [-0.39, 0.29) is 0 Å². The van der Waals surface area contributed by atoms with E-state index in [0.717, 1.165) is 0 Å². The number of amides is 3. The van der Waals surface area contributed by atoms with Gasteiger partial charge >= 0.3 is 12.0 Å². The van der Waals surface area contributed by atoms with Gasteiger partial charge in [0.15, 0.2) is 6.61 Å². The summed E-state index contributed by atoms with van der Waals surface area (Å²) in [5, 5.41) is 5.19. The first-order chi connectivity index (χ1) is 10.9. The van der Waals surface area contributed by atoms with Crippen molar-refractivity contribution in [2.24, 2.45) is 5.73 Å². The highest BCUT2D eigenvalue weighted by Crippen LogP contribution is 2.20. The van der Waals surface area contributed by atoms with Gasteiger partial charge in [-0.05, 0) is 30.6 Å². The summed E-state index contributed by atoms with van der Waals surface area (Å²) >= 11 is 7.42. The van der Waals surface area contributed by atoms with Gasteiger partial charge in [0.25, 0.3) is 5.91 Å². The fourth-order valence-corrected chi connectivity index (χ4v) is 2.30. The van der Waals surface area contributed by atoms with E-state index in [2.05, 4.69) is 10.6 Å². The number of ether oxygens (including phenoxy) is 1. The van der Waals surface area contributed by atoms with Crippen LogP contribution in [0.1, 0.15) is 6.42 Å². The molecule has 7 nitrogen and oxygen atoms in total. The standard InChI is InChI=1S/C14H18ClN3O4S/c1-23-7-6-11(18-14(16)21)13(20)22-8-12(19)17-10-5-3-2-4-9(10)15/h2-5,11H,6-8H2,1H3,(H,17,19)(H3,16,18,21)/t11-/m1/s1. The summed E-state index contributed by atoms with van der Waals surface area (Å²) in [6.45, 7) is -0.486. The molecule has 9 heteroatoms. The van der Waals surface area contributed by atoms with Gasteiger partial charge in [0.2, 0.25) is 0 Å². The number of primary amides is 1. The van der Waals surface area contributed by atoms with Crippen molar-refractivity contribution in [3.63, 3.8) is 0 Å². The Kier molecular flexibility index (Phi) is 8.28. The number of rotatable bonds is 8. The molecular weight excluding hydrogens is 342 g/mol. The maximum atomic E-state index is 11.9. The maximum absolute atomic E-state index is 11.9. The monoisotopic (exact) mass is 359 g/mol. The van der Waals surface area contributed by atoms with Crippen LogP contribution in [0.4, 0.5) is 10.5 Å². The average Bonchev–Trinajstić information content (AvgIpc) is 2.51. The second kappa shape index (κ2) is 9.96. The summed E-state index contributed by atoms with van der Waals surface area (Å²) in [4.78, 5) is 34.6. The smallest absolute Gasteiger partial charge is 0.329 e. The third-order valence-corrected chi connectivity index (χ3v) is 3.68. The van der Waals surface area contributed by atoms with Crippen molar-refractivity contribution in [1.29, 1.82) is 0 Å². The number of carbonyl (C=O) groups excluding carboxylic acids is 3. The minimum absolute atomic E-state index is 0.356. The summed E-state index contributed by atoms with van der Waals surface area (Å²) in [6.07, 6.45) is 2.22. The van der Waals surface area contributed by atoms with Crippen molar-refractivity contribution in [2.75, 3.05) is 23.9 Å². The molecular formula is C14H18ClN3O4S.